The Bertz CT molecular complexity index is 868. The number of unbranched alkanes of at least 4 members (excludes halogenated alkanes) is 2. The lowest BCUT2D eigenvalue weighted by atomic mass is 9.94. The number of nitrogens with zero attached hydrogens (tertiary/aromatic N) is 1. The highest BCUT2D eigenvalue weighted by atomic mass is 32.2. The molecule has 0 aromatic heterocycles. The second-order valence-electron chi connectivity index (χ2n) is 7.93. The van der Waals surface area contributed by atoms with E-state index in [1.165, 1.54) is 0 Å². The molecule has 1 fully saturated rings. The Labute approximate surface area is 163 Å². The van der Waals surface area contributed by atoms with Gasteiger partial charge in [0.2, 0.25) is 10.0 Å². The average Bonchev–Trinajstić information content (AvgIpc) is 2.64. The van der Waals surface area contributed by atoms with Crippen LogP contribution in [0, 0.1) is 11.8 Å². The molecule has 1 saturated heterocycles. The summed E-state index contributed by atoms with van der Waals surface area (Å²) in [6.07, 6.45) is 4.37. The van der Waals surface area contributed by atoms with E-state index in [1.54, 1.807) is 10.4 Å². The molecule has 2 atom stereocenters. The van der Waals surface area contributed by atoms with Gasteiger partial charge >= 0.3 is 0 Å². The molecule has 5 heteroatoms. The summed E-state index contributed by atoms with van der Waals surface area (Å²) in [6, 6.07) is 11.2. The van der Waals surface area contributed by atoms with E-state index in [4.69, 9.17) is 4.74 Å². The summed E-state index contributed by atoms with van der Waals surface area (Å²) in [4.78, 5) is 0.389. The molecule has 3 rings (SSSR count). The summed E-state index contributed by atoms with van der Waals surface area (Å²) in [7, 11) is -3.52. The molecule has 148 valence electrons. The average molecular weight is 390 g/mol. The second kappa shape index (κ2) is 8.61. The van der Waals surface area contributed by atoms with Crippen molar-refractivity contribution in [1.82, 2.24) is 4.31 Å². The molecule has 0 spiro atoms. The third-order valence-electron chi connectivity index (χ3n) is 5.30. The highest BCUT2D eigenvalue weighted by Crippen LogP contribution is 2.34. The smallest absolute Gasteiger partial charge is 0.243 e. The lowest BCUT2D eigenvalue weighted by Gasteiger charge is -2.34. The van der Waals surface area contributed by atoms with E-state index in [0.29, 0.717) is 36.4 Å². The van der Waals surface area contributed by atoms with E-state index in [2.05, 4.69) is 20.8 Å². The van der Waals surface area contributed by atoms with E-state index in [9.17, 15) is 8.42 Å². The van der Waals surface area contributed by atoms with Crippen LogP contribution in [0.2, 0.25) is 0 Å². The Hall–Kier alpha value is -1.59. The van der Waals surface area contributed by atoms with Crippen molar-refractivity contribution in [3.8, 4) is 5.75 Å². The van der Waals surface area contributed by atoms with Gasteiger partial charge in [-0.2, -0.15) is 4.31 Å². The van der Waals surface area contributed by atoms with Crippen LogP contribution in [-0.2, 0) is 10.0 Å². The normalized spacial score (nSPS) is 21.4. The van der Waals surface area contributed by atoms with Crippen LogP contribution in [0.4, 0.5) is 0 Å². The highest BCUT2D eigenvalue weighted by Gasteiger charge is 2.32. The van der Waals surface area contributed by atoms with Gasteiger partial charge in [0.15, 0.2) is 0 Å². The minimum Gasteiger partial charge on any atom is -0.493 e. The van der Waals surface area contributed by atoms with Crippen molar-refractivity contribution in [3.05, 3.63) is 36.4 Å². The summed E-state index contributed by atoms with van der Waals surface area (Å²) in [5.74, 6) is 1.54. The minimum atomic E-state index is -3.52. The maximum Gasteiger partial charge on any atom is 0.243 e. The second-order valence-corrected chi connectivity index (χ2v) is 9.84. The van der Waals surface area contributed by atoms with Gasteiger partial charge < -0.3 is 4.74 Å². The molecule has 2 aromatic carbocycles. The standard InChI is InChI=1S/C22H31NO3S/c1-4-5-8-13-26-21-11-12-22(20-10-7-6-9-19(20)21)27(24,25)23-15-17(2)14-18(3)16-23/h6-7,9-12,17-18H,4-5,8,13-16H2,1-3H3/t17-,18-/m0/s1. The van der Waals surface area contributed by atoms with E-state index >= 15 is 0 Å². The van der Waals surface area contributed by atoms with Crippen LogP contribution in [0.1, 0.15) is 46.5 Å². The Kier molecular flexibility index (Phi) is 6.43. The van der Waals surface area contributed by atoms with Gasteiger partial charge in [0, 0.05) is 23.9 Å². The predicted molar refractivity (Wildman–Crippen MR) is 111 cm³/mol. The van der Waals surface area contributed by atoms with Crippen molar-refractivity contribution < 1.29 is 13.2 Å². The Balaban J connectivity index is 1.95. The lowest BCUT2D eigenvalue weighted by molar-refractivity contribution is 0.222. The number of fused-ring (bicyclic) bond motifs is 1. The van der Waals surface area contributed by atoms with Gasteiger partial charge in [0.25, 0.3) is 0 Å². The van der Waals surface area contributed by atoms with E-state index in [1.807, 2.05) is 30.3 Å². The molecule has 1 aliphatic heterocycles. The van der Waals surface area contributed by atoms with Crippen LogP contribution < -0.4 is 4.74 Å². The van der Waals surface area contributed by atoms with Crippen molar-refractivity contribution in [2.45, 2.75) is 51.3 Å². The van der Waals surface area contributed by atoms with Crippen LogP contribution >= 0.6 is 0 Å². The van der Waals surface area contributed by atoms with Crippen LogP contribution in [0.25, 0.3) is 10.8 Å². The number of sulfonamides is 1. The summed E-state index contributed by atoms with van der Waals surface area (Å²) < 4.78 is 34.4. The topological polar surface area (TPSA) is 46.6 Å². The number of ether oxygens (including phenoxy) is 1. The third-order valence-corrected chi connectivity index (χ3v) is 7.19. The number of benzene rings is 2. The predicted octanol–water partition coefficient (Wildman–Crippen LogP) is 5.08. The van der Waals surface area contributed by atoms with Gasteiger partial charge in [-0.15, -0.1) is 0 Å². The van der Waals surface area contributed by atoms with Gasteiger partial charge in [-0.25, -0.2) is 8.42 Å². The van der Waals surface area contributed by atoms with Crippen molar-refractivity contribution >= 4 is 20.8 Å². The summed E-state index contributed by atoms with van der Waals surface area (Å²) in [5.41, 5.74) is 0. The van der Waals surface area contributed by atoms with E-state index in [0.717, 1.165) is 42.2 Å². The van der Waals surface area contributed by atoms with Gasteiger partial charge in [-0.3, -0.25) is 0 Å². The molecular weight excluding hydrogens is 358 g/mol. The number of rotatable bonds is 7. The molecule has 0 amide bonds. The Morgan fingerprint density at radius 2 is 1.67 bits per heavy atom. The van der Waals surface area contributed by atoms with Crippen LogP contribution in [0.5, 0.6) is 5.75 Å². The fourth-order valence-corrected chi connectivity index (χ4v) is 5.95. The van der Waals surface area contributed by atoms with Crippen molar-refractivity contribution in [2.24, 2.45) is 11.8 Å². The van der Waals surface area contributed by atoms with Crippen LogP contribution in [0.3, 0.4) is 0 Å². The Morgan fingerprint density at radius 3 is 2.33 bits per heavy atom. The maximum absolute atomic E-state index is 13.4. The van der Waals surface area contributed by atoms with E-state index < -0.39 is 10.0 Å². The molecule has 0 aliphatic carbocycles. The van der Waals surface area contributed by atoms with Gasteiger partial charge in [0.1, 0.15) is 5.75 Å². The summed E-state index contributed by atoms with van der Waals surface area (Å²) >= 11 is 0. The molecule has 0 N–H and O–H groups in total. The number of piperidine rings is 1. The first-order valence-electron chi connectivity index (χ1n) is 10.1. The van der Waals surface area contributed by atoms with Gasteiger partial charge in [-0.05, 0) is 36.8 Å². The van der Waals surface area contributed by atoms with Crippen LogP contribution in [0.15, 0.2) is 41.3 Å². The molecule has 0 unspecified atom stereocenters. The Morgan fingerprint density at radius 1 is 1.00 bits per heavy atom. The van der Waals surface area contributed by atoms with Gasteiger partial charge in [-0.1, -0.05) is 57.9 Å². The molecule has 2 aromatic rings. The first-order valence-corrected chi connectivity index (χ1v) is 11.5. The molecule has 27 heavy (non-hydrogen) atoms. The first-order chi connectivity index (χ1) is 12.9. The zero-order chi connectivity index (χ0) is 19.4. The summed E-state index contributed by atoms with van der Waals surface area (Å²) in [5, 5.41) is 1.62. The van der Waals surface area contributed by atoms with Crippen LogP contribution in [-0.4, -0.2) is 32.4 Å². The molecular formula is C22H31NO3S. The van der Waals surface area contributed by atoms with E-state index in [-0.39, 0.29) is 0 Å². The SMILES string of the molecule is CCCCCOc1ccc(S(=O)(=O)N2C[C@@H](C)C[C@H](C)C2)c2ccccc12. The monoisotopic (exact) mass is 389 g/mol. The number of hydrogen-bond donors (Lipinski definition) is 0. The zero-order valence-electron chi connectivity index (χ0n) is 16.6. The molecule has 0 bridgehead atoms. The molecule has 0 radical (unpaired) electrons. The molecule has 4 nitrogen and oxygen atoms in total. The van der Waals surface area contributed by atoms with Crippen molar-refractivity contribution in [2.75, 3.05) is 19.7 Å². The molecule has 1 aliphatic rings. The molecule has 0 saturated carbocycles. The highest BCUT2D eigenvalue weighted by molar-refractivity contribution is 7.89. The largest absolute Gasteiger partial charge is 0.493 e. The zero-order valence-corrected chi connectivity index (χ0v) is 17.5. The summed E-state index contributed by atoms with van der Waals surface area (Å²) in [6.45, 7) is 8.27. The van der Waals surface area contributed by atoms with Crippen molar-refractivity contribution in [1.29, 1.82) is 0 Å². The van der Waals surface area contributed by atoms with Crippen molar-refractivity contribution in [3.63, 3.8) is 0 Å². The first kappa shape index (κ1) is 20.2. The fraction of sp³-hybridized carbons (Fsp3) is 0.545. The quantitative estimate of drug-likeness (QED) is 0.621. The lowest BCUT2D eigenvalue weighted by Crippen LogP contribution is -2.42. The molecule has 1 heterocycles. The van der Waals surface area contributed by atoms with Gasteiger partial charge in [0.05, 0.1) is 11.5 Å². The number of hydrogen-bond acceptors (Lipinski definition) is 3. The third kappa shape index (κ3) is 4.46. The maximum atomic E-state index is 13.4. The minimum absolute atomic E-state index is 0.385. The fourth-order valence-electron chi connectivity index (χ4n) is 4.07.